The molecular formula is C29H22N2O8S. The fraction of sp³-hybridized carbons (Fsp3) is 0.172. The van der Waals surface area contributed by atoms with Crippen LogP contribution < -0.4 is 24.4 Å². The van der Waals surface area contributed by atoms with Crippen molar-refractivity contribution in [3.63, 3.8) is 0 Å². The second-order valence-corrected chi connectivity index (χ2v) is 9.98. The van der Waals surface area contributed by atoms with Gasteiger partial charge in [-0.1, -0.05) is 35.6 Å². The van der Waals surface area contributed by atoms with E-state index in [0.29, 0.717) is 49.2 Å². The minimum absolute atomic E-state index is 0.0865. The molecular weight excluding hydrogens is 536 g/mol. The summed E-state index contributed by atoms with van der Waals surface area (Å²) in [5.74, 6) is 0.179. The van der Waals surface area contributed by atoms with Gasteiger partial charge in [-0.3, -0.25) is 9.36 Å². The molecule has 10 nitrogen and oxygen atoms in total. The number of thiazole rings is 1. The van der Waals surface area contributed by atoms with Crippen LogP contribution >= 0.6 is 11.3 Å². The average molecular weight is 559 g/mol. The number of hydrogen-bond donors (Lipinski definition) is 1. The Morgan fingerprint density at radius 2 is 1.95 bits per heavy atom. The van der Waals surface area contributed by atoms with Crippen LogP contribution in [0.15, 0.2) is 80.1 Å². The fourth-order valence-corrected chi connectivity index (χ4v) is 5.81. The lowest BCUT2D eigenvalue weighted by Crippen LogP contribution is -2.39. The summed E-state index contributed by atoms with van der Waals surface area (Å²) >= 11 is 1.16. The van der Waals surface area contributed by atoms with Crippen molar-refractivity contribution < 1.29 is 33.3 Å². The fourth-order valence-electron chi connectivity index (χ4n) is 4.78. The molecule has 40 heavy (non-hydrogen) atoms. The predicted octanol–water partition coefficient (Wildman–Crippen LogP) is 3.49. The molecule has 4 aromatic rings. The number of esters is 1. The molecule has 0 saturated carbocycles. The molecule has 0 radical (unpaired) electrons. The summed E-state index contributed by atoms with van der Waals surface area (Å²) in [4.78, 5) is 43.5. The quantitative estimate of drug-likeness (QED) is 0.356. The summed E-state index contributed by atoms with van der Waals surface area (Å²) < 4.78 is 24.0. The molecule has 0 unspecified atom stereocenters. The average Bonchev–Trinajstić information content (AvgIpc) is 3.67. The lowest BCUT2D eigenvalue weighted by atomic mass is 9.95. The molecule has 202 valence electrons. The van der Waals surface area contributed by atoms with Crippen LogP contribution in [0.2, 0.25) is 0 Å². The number of nitrogens with zero attached hydrogens (tertiary/aromatic N) is 2. The highest BCUT2D eigenvalue weighted by Gasteiger charge is 2.34. The maximum absolute atomic E-state index is 13.8. The van der Waals surface area contributed by atoms with Crippen LogP contribution in [-0.2, 0) is 9.53 Å². The molecule has 0 spiro atoms. The number of aromatic carboxylic acids is 1. The Morgan fingerprint density at radius 1 is 1.15 bits per heavy atom. The van der Waals surface area contributed by atoms with Crippen molar-refractivity contribution in [3.8, 4) is 22.8 Å². The van der Waals surface area contributed by atoms with E-state index in [1.165, 1.54) is 10.6 Å². The first-order chi connectivity index (χ1) is 19.4. The van der Waals surface area contributed by atoms with Gasteiger partial charge in [-0.15, -0.1) is 0 Å². The number of hydrogen-bond acceptors (Lipinski definition) is 9. The minimum atomic E-state index is -1.07. The van der Waals surface area contributed by atoms with Crippen molar-refractivity contribution in [3.05, 3.63) is 102 Å². The third kappa shape index (κ3) is 4.30. The Labute approximate surface area is 230 Å². The van der Waals surface area contributed by atoms with Crippen molar-refractivity contribution >= 4 is 29.4 Å². The maximum atomic E-state index is 13.8. The zero-order chi connectivity index (χ0) is 28.0. The molecule has 2 aliphatic heterocycles. The van der Waals surface area contributed by atoms with Gasteiger partial charge in [0.2, 0.25) is 6.79 Å². The second-order valence-electron chi connectivity index (χ2n) is 8.97. The van der Waals surface area contributed by atoms with E-state index in [1.54, 1.807) is 68.5 Å². The van der Waals surface area contributed by atoms with Gasteiger partial charge in [-0.2, -0.15) is 0 Å². The van der Waals surface area contributed by atoms with Crippen LogP contribution in [0.5, 0.6) is 11.5 Å². The molecule has 0 bridgehead atoms. The molecule has 2 aromatic heterocycles. The van der Waals surface area contributed by atoms with E-state index in [9.17, 15) is 19.5 Å². The number of allylic oxidation sites excluding steroid dienone is 1. The van der Waals surface area contributed by atoms with Crippen LogP contribution in [0, 0.1) is 0 Å². The Balaban J connectivity index is 1.48. The van der Waals surface area contributed by atoms with Crippen LogP contribution in [0.4, 0.5) is 0 Å². The Bertz CT molecular complexity index is 1890. The molecule has 1 atom stereocenters. The molecule has 0 aliphatic carbocycles. The van der Waals surface area contributed by atoms with E-state index in [2.05, 4.69) is 4.99 Å². The van der Waals surface area contributed by atoms with Crippen molar-refractivity contribution in [2.75, 3.05) is 13.4 Å². The van der Waals surface area contributed by atoms with E-state index >= 15 is 0 Å². The first-order valence-corrected chi connectivity index (χ1v) is 13.2. The van der Waals surface area contributed by atoms with E-state index in [-0.39, 0.29) is 30.1 Å². The number of carbonyl (C=O) groups excluding carboxylic acids is 1. The van der Waals surface area contributed by atoms with Crippen LogP contribution in [0.3, 0.4) is 0 Å². The van der Waals surface area contributed by atoms with Crippen LogP contribution in [0.1, 0.15) is 41.6 Å². The summed E-state index contributed by atoms with van der Waals surface area (Å²) in [6.45, 7) is 3.68. The second kappa shape index (κ2) is 10.0. The molecule has 4 heterocycles. The van der Waals surface area contributed by atoms with Gasteiger partial charge < -0.3 is 23.7 Å². The molecule has 0 saturated heterocycles. The third-order valence-corrected chi connectivity index (χ3v) is 7.54. The van der Waals surface area contributed by atoms with Crippen molar-refractivity contribution in [2.45, 2.75) is 19.9 Å². The summed E-state index contributed by atoms with van der Waals surface area (Å²) in [5, 5.41) is 9.53. The molecule has 1 N–H and O–H groups in total. The molecule has 6 rings (SSSR count). The smallest absolute Gasteiger partial charge is 0.338 e. The predicted molar refractivity (Wildman–Crippen MR) is 144 cm³/mol. The number of rotatable bonds is 6. The van der Waals surface area contributed by atoms with E-state index in [4.69, 9.17) is 18.6 Å². The van der Waals surface area contributed by atoms with E-state index < -0.39 is 18.0 Å². The number of carboxylic acid groups (broad SMARTS) is 1. The van der Waals surface area contributed by atoms with Gasteiger partial charge >= 0.3 is 11.9 Å². The number of fused-ring (bicyclic) bond motifs is 2. The van der Waals surface area contributed by atoms with Crippen molar-refractivity contribution in [1.29, 1.82) is 0 Å². The zero-order valence-electron chi connectivity index (χ0n) is 21.4. The molecule has 2 aromatic carbocycles. The lowest BCUT2D eigenvalue weighted by Gasteiger charge is -2.24. The Hall–Kier alpha value is -4.90. The number of carboxylic acids is 1. The maximum Gasteiger partial charge on any atom is 0.338 e. The van der Waals surface area contributed by atoms with Crippen molar-refractivity contribution in [2.24, 2.45) is 4.99 Å². The largest absolute Gasteiger partial charge is 0.478 e. The van der Waals surface area contributed by atoms with E-state index in [0.717, 1.165) is 11.3 Å². The molecule has 2 aliphatic rings. The molecule has 0 fully saturated rings. The highest BCUT2D eigenvalue weighted by molar-refractivity contribution is 7.07. The van der Waals surface area contributed by atoms with Gasteiger partial charge in [0.1, 0.15) is 11.5 Å². The van der Waals surface area contributed by atoms with Gasteiger partial charge in [0.05, 0.1) is 34.0 Å². The number of ether oxygens (including phenoxy) is 3. The number of carbonyl (C=O) groups is 2. The third-order valence-electron chi connectivity index (χ3n) is 6.55. The first kappa shape index (κ1) is 25.4. The summed E-state index contributed by atoms with van der Waals surface area (Å²) in [6, 6.07) is 14.3. The normalized spacial score (nSPS) is 16.1. The summed E-state index contributed by atoms with van der Waals surface area (Å²) in [5.41, 5.74) is 1.50. The SMILES string of the molecule is CCOC(=O)C1=C(C)N=c2s/c(=C/c3ccc(-c4ccccc4C(=O)O)o3)c(=O)n2[C@H]1c1ccc2c(c1)OCO2. The van der Waals surface area contributed by atoms with E-state index in [1.807, 2.05) is 0 Å². The highest BCUT2D eigenvalue weighted by atomic mass is 32.1. The highest BCUT2D eigenvalue weighted by Crippen LogP contribution is 2.38. The number of aromatic nitrogens is 1. The molecule has 11 heteroatoms. The Morgan fingerprint density at radius 3 is 2.75 bits per heavy atom. The summed E-state index contributed by atoms with van der Waals surface area (Å²) in [7, 11) is 0. The van der Waals surface area contributed by atoms with Gasteiger partial charge in [0.25, 0.3) is 5.56 Å². The monoisotopic (exact) mass is 558 g/mol. The van der Waals surface area contributed by atoms with Gasteiger partial charge in [0.15, 0.2) is 16.3 Å². The Kier molecular flexibility index (Phi) is 6.35. The number of furan rings is 1. The van der Waals surface area contributed by atoms with Crippen LogP contribution in [-0.4, -0.2) is 35.0 Å². The first-order valence-electron chi connectivity index (χ1n) is 12.4. The standard InChI is InChI=1S/C29H22N2O8S/c1-3-36-28(35)24-15(2)30-29-31(25(24)16-8-10-21-22(12-16)38-14-37-21)26(32)23(40-29)13-17-9-11-20(39-17)18-6-4-5-7-19(18)27(33)34/h4-13,25H,3,14H2,1-2H3,(H,33,34)/b23-13+/t25-/m0/s1. The zero-order valence-corrected chi connectivity index (χ0v) is 22.2. The van der Waals surface area contributed by atoms with Crippen LogP contribution in [0.25, 0.3) is 17.4 Å². The number of benzene rings is 2. The topological polar surface area (TPSA) is 130 Å². The van der Waals surface area contributed by atoms with Gasteiger partial charge in [-0.05, 0) is 49.7 Å². The minimum Gasteiger partial charge on any atom is -0.478 e. The van der Waals surface area contributed by atoms with Gasteiger partial charge in [-0.25, -0.2) is 14.6 Å². The van der Waals surface area contributed by atoms with Gasteiger partial charge in [0, 0.05) is 11.6 Å². The lowest BCUT2D eigenvalue weighted by molar-refractivity contribution is -0.139. The molecule has 0 amide bonds. The van der Waals surface area contributed by atoms with Crippen molar-refractivity contribution in [1.82, 2.24) is 4.57 Å². The summed E-state index contributed by atoms with van der Waals surface area (Å²) in [6.07, 6.45) is 1.58.